The third-order valence-electron chi connectivity index (χ3n) is 6.74. The molecule has 1 aliphatic rings. The van der Waals surface area contributed by atoms with Crippen LogP contribution < -0.4 is 10.2 Å². The summed E-state index contributed by atoms with van der Waals surface area (Å²) in [5.74, 6) is 0.641. The van der Waals surface area contributed by atoms with E-state index in [0.29, 0.717) is 29.7 Å². The van der Waals surface area contributed by atoms with E-state index < -0.39 is 6.04 Å². The fraction of sp³-hybridized carbons (Fsp3) is 0.267. The molecule has 0 N–H and O–H groups in total. The zero-order chi connectivity index (χ0) is 24.5. The number of amides is 1. The molecule has 1 amide bonds. The molecule has 178 valence electrons. The Hall–Kier alpha value is -3.86. The van der Waals surface area contributed by atoms with Gasteiger partial charge in [0.2, 0.25) is 5.76 Å². The van der Waals surface area contributed by atoms with E-state index >= 15 is 0 Å². The lowest BCUT2D eigenvalue weighted by atomic mass is 9.97. The first-order valence-corrected chi connectivity index (χ1v) is 12.1. The molecule has 3 aromatic carbocycles. The topological polar surface area (TPSA) is 59.8 Å². The van der Waals surface area contributed by atoms with E-state index in [1.807, 2.05) is 80.6 Å². The predicted octanol–water partition coefficient (Wildman–Crippen LogP) is 6.33. The van der Waals surface area contributed by atoms with Crippen LogP contribution in [0.2, 0.25) is 0 Å². The van der Waals surface area contributed by atoms with E-state index in [-0.39, 0.29) is 17.1 Å². The number of carbonyl (C=O) groups is 1. The van der Waals surface area contributed by atoms with Gasteiger partial charge >= 0.3 is 0 Å². The van der Waals surface area contributed by atoms with Gasteiger partial charge in [-0.2, -0.15) is 0 Å². The van der Waals surface area contributed by atoms with Gasteiger partial charge in [-0.1, -0.05) is 55.8 Å². The smallest absolute Gasteiger partial charge is 0.291 e. The van der Waals surface area contributed by atoms with Gasteiger partial charge in [-0.25, -0.2) is 0 Å². The molecule has 2 heterocycles. The van der Waals surface area contributed by atoms with Crippen LogP contribution >= 0.6 is 0 Å². The van der Waals surface area contributed by atoms with E-state index in [1.54, 1.807) is 4.90 Å². The van der Waals surface area contributed by atoms with Gasteiger partial charge < -0.3 is 14.1 Å². The van der Waals surface area contributed by atoms with Crippen molar-refractivity contribution < 1.29 is 13.9 Å². The van der Waals surface area contributed by atoms with Gasteiger partial charge in [0.1, 0.15) is 11.3 Å². The summed E-state index contributed by atoms with van der Waals surface area (Å²) in [4.78, 5) is 29.2. The number of fused-ring (bicyclic) bond motifs is 2. The highest BCUT2D eigenvalue weighted by molar-refractivity contribution is 5.99. The standard InChI is InChI=1S/C30H29NO4/c1-4-5-15-34-23-13-11-22(12-14-23)27-26-28(32)24-16-19(2)20(3)17-25(24)35-29(26)30(33)31(27)18-21-9-7-6-8-10-21/h6-14,16-17,27H,4-5,15,18H2,1-3H3. The molecule has 0 bridgehead atoms. The fourth-order valence-corrected chi connectivity index (χ4v) is 4.65. The van der Waals surface area contributed by atoms with Crippen LogP contribution in [0.4, 0.5) is 0 Å². The van der Waals surface area contributed by atoms with Gasteiger partial charge in [-0.15, -0.1) is 0 Å². The molecule has 4 aromatic rings. The molecule has 1 unspecified atom stereocenters. The first-order chi connectivity index (χ1) is 17.0. The monoisotopic (exact) mass is 467 g/mol. The van der Waals surface area contributed by atoms with Gasteiger partial charge in [0.25, 0.3) is 5.91 Å². The molecule has 5 heteroatoms. The van der Waals surface area contributed by atoms with Gasteiger partial charge in [-0.05, 0) is 66.8 Å². The number of benzene rings is 3. The Kier molecular flexibility index (Phi) is 6.16. The van der Waals surface area contributed by atoms with Crippen molar-refractivity contribution in [3.8, 4) is 5.75 Å². The van der Waals surface area contributed by atoms with E-state index in [4.69, 9.17) is 9.15 Å². The Morgan fingerprint density at radius 2 is 1.66 bits per heavy atom. The molecule has 0 saturated carbocycles. The van der Waals surface area contributed by atoms with Crippen LogP contribution in [-0.2, 0) is 6.54 Å². The van der Waals surface area contributed by atoms with Crippen LogP contribution in [0.1, 0.15) is 64.2 Å². The van der Waals surface area contributed by atoms with Crippen molar-refractivity contribution in [3.63, 3.8) is 0 Å². The van der Waals surface area contributed by atoms with E-state index in [1.165, 1.54) is 0 Å². The zero-order valence-corrected chi connectivity index (χ0v) is 20.3. The molecule has 1 aliphatic heterocycles. The Morgan fingerprint density at radius 3 is 2.37 bits per heavy atom. The molecule has 0 spiro atoms. The third kappa shape index (κ3) is 4.23. The minimum absolute atomic E-state index is 0.134. The van der Waals surface area contributed by atoms with E-state index in [2.05, 4.69) is 6.92 Å². The van der Waals surface area contributed by atoms with Gasteiger partial charge in [-0.3, -0.25) is 9.59 Å². The second kappa shape index (κ2) is 9.41. The number of ether oxygens (including phenoxy) is 1. The van der Waals surface area contributed by atoms with Crippen LogP contribution in [0.15, 0.2) is 75.9 Å². The van der Waals surface area contributed by atoms with E-state index in [9.17, 15) is 9.59 Å². The summed E-state index contributed by atoms with van der Waals surface area (Å²) in [5, 5.41) is 0.505. The largest absolute Gasteiger partial charge is 0.494 e. The first kappa shape index (κ1) is 22.9. The lowest BCUT2D eigenvalue weighted by molar-refractivity contribution is 0.0714. The number of aryl methyl sites for hydroxylation is 2. The second-order valence-corrected chi connectivity index (χ2v) is 9.20. The van der Waals surface area contributed by atoms with Gasteiger partial charge in [0, 0.05) is 6.54 Å². The average Bonchev–Trinajstić information content (AvgIpc) is 3.13. The maximum absolute atomic E-state index is 13.8. The summed E-state index contributed by atoms with van der Waals surface area (Å²) in [5.41, 5.74) is 4.57. The van der Waals surface area contributed by atoms with Crippen molar-refractivity contribution in [2.45, 2.75) is 46.2 Å². The quantitative estimate of drug-likeness (QED) is 0.298. The molecule has 5 nitrogen and oxygen atoms in total. The predicted molar refractivity (Wildman–Crippen MR) is 137 cm³/mol. The number of hydrogen-bond donors (Lipinski definition) is 0. The lowest BCUT2D eigenvalue weighted by Crippen LogP contribution is -2.29. The molecular weight excluding hydrogens is 438 g/mol. The van der Waals surface area contributed by atoms with Gasteiger partial charge in [0.15, 0.2) is 5.43 Å². The Labute approximate surface area is 205 Å². The van der Waals surface area contributed by atoms with Crippen molar-refractivity contribution in [2.24, 2.45) is 0 Å². The fourth-order valence-electron chi connectivity index (χ4n) is 4.65. The molecule has 0 aliphatic carbocycles. The Morgan fingerprint density at radius 1 is 0.943 bits per heavy atom. The van der Waals surface area contributed by atoms with Crippen molar-refractivity contribution in [2.75, 3.05) is 6.61 Å². The van der Waals surface area contributed by atoms with E-state index in [0.717, 1.165) is 40.8 Å². The Bertz CT molecular complexity index is 1440. The second-order valence-electron chi connectivity index (χ2n) is 9.20. The van der Waals surface area contributed by atoms with Crippen LogP contribution in [0.3, 0.4) is 0 Å². The van der Waals surface area contributed by atoms with Gasteiger partial charge in [0.05, 0.1) is 23.6 Å². The molecule has 5 rings (SSSR count). The maximum Gasteiger partial charge on any atom is 0.291 e. The molecule has 35 heavy (non-hydrogen) atoms. The number of unbranched alkanes of at least 4 members (excludes halogenated alkanes) is 1. The van der Waals surface area contributed by atoms with Crippen molar-refractivity contribution in [1.82, 2.24) is 4.90 Å². The summed E-state index contributed by atoms with van der Waals surface area (Å²) >= 11 is 0. The summed E-state index contributed by atoms with van der Waals surface area (Å²) in [6.07, 6.45) is 2.06. The molecule has 0 saturated heterocycles. The Balaban J connectivity index is 1.63. The number of nitrogens with zero attached hydrogens (tertiary/aromatic N) is 1. The highest BCUT2D eigenvalue weighted by atomic mass is 16.5. The van der Waals surface area contributed by atoms with Crippen molar-refractivity contribution in [3.05, 3.63) is 111 Å². The SMILES string of the molecule is CCCCOc1ccc(C2c3c(oc4cc(C)c(C)cc4c3=O)C(=O)N2Cc2ccccc2)cc1. The minimum atomic E-state index is -0.537. The molecule has 1 aromatic heterocycles. The molecule has 0 radical (unpaired) electrons. The maximum atomic E-state index is 13.8. The summed E-state index contributed by atoms with van der Waals surface area (Å²) in [6.45, 7) is 7.11. The molecule has 0 fully saturated rings. The van der Waals surface area contributed by atoms with Crippen molar-refractivity contribution in [1.29, 1.82) is 0 Å². The summed E-state index contributed by atoms with van der Waals surface area (Å²) in [6, 6.07) is 20.7. The number of hydrogen-bond acceptors (Lipinski definition) is 4. The summed E-state index contributed by atoms with van der Waals surface area (Å²) in [7, 11) is 0. The van der Waals surface area contributed by atoms with Crippen LogP contribution in [0.25, 0.3) is 11.0 Å². The highest BCUT2D eigenvalue weighted by Crippen LogP contribution is 2.39. The normalized spacial score (nSPS) is 15.0. The van der Waals surface area contributed by atoms with Crippen LogP contribution in [0, 0.1) is 13.8 Å². The average molecular weight is 468 g/mol. The van der Waals surface area contributed by atoms with Crippen LogP contribution in [0.5, 0.6) is 5.75 Å². The zero-order valence-electron chi connectivity index (χ0n) is 20.3. The molecule has 1 atom stereocenters. The van der Waals surface area contributed by atoms with Crippen LogP contribution in [-0.4, -0.2) is 17.4 Å². The lowest BCUT2D eigenvalue weighted by Gasteiger charge is -2.25. The first-order valence-electron chi connectivity index (χ1n) is 12.1. The highest BCUT2D eigenvalue weighted by Gasteiger charge is 2.42. The third-order valence-corrected chi connectivity index (χ3v) is 6.74. The molecular formula is C30H29NO4. The number of carbonyl (C=O) groups excluding carboxylic acids is 1. The minimum Gasteiger partial charge on any atom is -0.494 e. The summed E-state index contributed by atoms with van der Waals surface area (Å²) < 4.78 is 11.9. The van der Waals surface area contributed by atoms with Crippen molar-refractivity contribution >= 4 is 16.9 Å². The number of rotatable bonds is 7.